The van der Waals surface area contributed by atoms with Crippen LogP contribution in [-0.4, -0.2) is 36.5 Å². The van der Waals surface area contributed by atoms with E-state index in [0.717, 1.165) is 24.2 Å². The Balaban J connectivity index is 1.68. The molecule has 2 heterocycles. The van der Waals surface area contributed by atoms with Gasteiger partial charge in [0.1, 0.15) is 10.8 Å². The predicted molar refractivity (Wildman–Crippen MR) is 105 cm³/mol. The third-order valence-corrected chi connectivity index (χ3v) is 5.35. The van der Waals surface area contributed by atoms with Crippen molar-refractivity contribution in [1.29, 1.82) is 5.26 Å². The number of ether oxygens (including phenoxy) is 1. The first-order chi connectivity index (χ1) is 13.6. The molecule has 7 nitrogen and oxygen atoms in total. The van der Waals surface area contributed by atoms with Gasteiger partial charge in [-0.2, -0.15) is 5.26 Å². The van der Waals surface area contributed by atoms with E-state index < -0.39 is 5.97 Å². The van der Waals surface area contributed by atoms with Crippen molar-refractivity contribution in [1.82, 2.24) is 4.90 Å². The summed E-state index contributed by atoms with van der Waals surface area (Å²) in [5, 5.41) is 14.2. The van der Waals surface area contributed by atoms with Crippen molar-refractivity contribution >= 4 is 28.2 Å². The zero-order valence-corrected chi connectivity index (χ0v) is 16.6. The smallest absolute Gasteiger partial charge is 0.341 e. The fourth-order valence-corrected chi connectivity index (χ4v) is 4.03. The second-order valence-corrected chi connectivity index (χ2v) is 7.52. The number of thiophene rings is 1. The third-order valence-electron chi connectivity index (χ3n) is 4.44. The highest BCUT2D eigenvalue weighted by Gasteiger charge is 2.32. The van der Waals surface area contributed by atoms with Crippen molar-refractivity contribution in [3.8, 4) is 6.07 Å². The van der Waals surface area contributed by atoms with Crippen LogP contribution in [0.15, 0.2) is 28.2 Å². The quantitative estimate of drug-likeness (QED) is 0.609. The van der Waals surface area contributed by atoms with Gasteiger partial charge >= 0.3 is 5.97 Å². The summed E-state index contributed by atoms with van der Waals surface area (Å²) in [5.41, 5.74) is 1.45. The van der Waals surface area contributed by atoms with Gasteiger partial charge in [-0.15, -0.1) is 11.3 Å². The summed E-state index contributed by atoms with van der Waals surface area (Å²) >= 11 is 1.36. The second kappa shape index (κ2) is 9.53. The lowest BCUT2D eigenvalue weighted by molar-refractivity contribution is -0.117. The molecule has 1 saturated carbocycles. The predicted octanol–water partition coefficient (Wildman–Crippen LogP) is 3.75. The minimum atomic E-state index is -0.391. The number of carbonyl (C=O) groups is 2. The van der Waals surface area contributed by atoms with Crippen LogP contribution in [-0.2, 0) is 16.1 Å². The van der Waals surface area contributed by atoms with Crippen LogP contribution in [0.3, 0.4) is 0 Å². The first-order valence-corrected chi connectivity index (χ1v) is 10.2. The summed E-state index contributed by atoms with van der Waals surface area (Å²) in [5.74, 6) is 0.481. The van der Waals surface area contributed by atoms with Crippen LogP contribution in [0.5, 0.6) is 0 Å². The molecule has 8 heteroatoms. The summed E-state index contributed by atoms with van der Waals surface area (Å²) in [6.07, 6.45) is 4.00. The van der Waals surface area contributed by atoms with Crippen molar-refractivity contribution in [2.45, 2.75) is 38.6 Å². The average molecular weight is 401 g/mol. The maximum absolute atomic E-state index is 12.6. The minimum Gasteiger partial charge on any atom is -0.468 e. The highest BCUT2D eigenvalue weighted by Crippen LogP contribution is 2.46. The van der Waals surface area contributed by atoms with Gasteiger partial charge in [0.05, 0.1) is 37.6 Å². The molecule has 28 heavy (non-hydrogen) atoms. The van der Waals surface area contributed by atoms with Crippen molar-refractivity contribution in [3.05, 3.63) is 40.7 Å². The number of nitrogens with zero attached hydrogens (tertiary/aromatic N) is 2. The lowest BCUT2D eigenvalue weighted by Gasteiger charge is -2.19. The van der Waals surface area contributed by atoms with Gasteiger partial charge in [-0.3, -0.25) is 9.69 Å². The Morgan fingerprint density at radius 2 is 2.29 bits per heavy atom. The van der Waals surface area contributed by atoms with Crippen molar-refractivity contribution in [3.63, 3.8) is 0 Å². The number of rotatable bonds is 10. The molecule has 1 aliphatic rings. The SMILES string of the molecule is CCOC(=O)c1c(C2CC2)csc1NC(=O)CN(CCC#N)Cc1ccco1. The number of nitrogens with one attached hydrogen (secondary N) is 1. The standard InChI is InChI=1S/C20H23N3O4S/c1-2-26-20(25)18-16(14-6-7-14)13-28-19(18)22-17(24)12-23(9-4-8-21)11-15-5-3-10-27-15/h3,5,10,13-14H,2,4,6-7,9,11-12H2,1H3,(H,22,24). The van der Waals surface area contributed by atoms with Crippen molar-refractivity contribution in [2.24, 2.45) is 0 Å². The van der Waals surface area contributed by atoms with E-state index in [1.807, 2.05) is 16.3 Å². The van der Waals surface area contributed by atoms with E-state index in [9.17, 15) is 9.59 Å². The van der Waals surface area contributed by atoms with E-state index in [4.69, 9.17) is 14.4 Å². The molecule has 0 atom stereocenters. The minimum absolute atomic E-state index is 0.0985. The summed E-state index contributed by atoms with van der Waals surface area (Å²) in [4.78, 5) is 26.9. The topological polar surface area (TPSA) is 95.6 Å². The Morgan fingerprint density at radius 1 is 1.46 bits per heavy atom. The number of furan rings is 1. The van der Waals surface area contributed by atoms with Crippen molar-refractivity contribution in [2.75, 3.05) is 25.0 Å². The van der Waals surface area contributed by atoms with Gasteiger partial charge in [0, 0.05) is 13.0 Å². The van der Waals surface area contributed by atoms with E-state index in [-0.39, 0.29) is 19.1 Å². The Labute approximate surface area is 167 Å². The molecule has 1 amide bonds. The molecule has 2 aromatic heterocycles. The highest BCUT2D eigenvalue weighted by atomic mass is 32.1. The second-order valence-electron chi connectivity index (χ2n) is 6.64. The maximum atomic E-state index is 12.6. The number of esters is 1. The molecule has 0 unspecified atom stereocenters. The summed E-state index contributed by atoms with van der Waals surface area (Å²) in [6, 6.07) is 5.72. The number of hydrogen-bond donors (Lipinski definition) is 1. The number of carbonyl (C=O) groups excluding carboxylic acids is 2. The number of anilines is 1. The van der Waals surface area contributed by atoms with Gasteiger partial charge in [0.25, 0.3) is 0 Å². The Kier molecular flexibility index (Phi) is 6.85. The van der Waals surface area contributed by atoms with E-state index in [2.05, 4.69) is 11.4 Å². The van der Waals surface area contributed by atoms with E-state index in [1.54, 1.807) is 19.3 Å². The van der Waals surface area contributed by atoms with Crippen LogP contribution in [0.25, 0.3) is 0 Å². The monoisotopic (exact) mass is 401 g/mol. The Bertz CT molecular complexity index is 849. The zero-order valence-electron chi connectivity index (χ0n) is 15.8. The fraction of sp³-hybridized carbons (Fsp3) is 0.450. The zero-order chi connectivity index (χ0) is 19.9. The molecule has 1 fully saturated rings. The third kappa shape index (κ3) is 5.21. The lowest BCUT2D eigenvalue weighted by Crippen LogP contribution is -2.33. The Morgan fingerprint density at radius 3 is 2.93 bits per heavy atom. The number of nitriles is 1. The van der Waals surface area contributed by atoms with Crippen LogP contribution < -0.4 is 5.32 Å². The first kappa shape index (κ1) is 20.1. The summed E-state index contributed by atoms with van der Waals surface area (Å²) < 4.78 is 10.5. The van der Waals surface area contributed by atoms with Gasteiger partial charge in [-0.1, -0.05) is 0 Å². The van der Waals surface area contributed by atoms with Gasteiger partial charge < -0.3 is 14.5 Å². The van der Waals surface area contributed by atoms with Crippen LogP contribution in [0.1, 0.15) is 53.8 Å². The lowest BCUT2D eigenvalue weighted by atomic mass is 10.1. The first-order valence-electron chi connectivity index (χ1n) is 9.32. The number of hydrogen-bond acceptors (Lipinski definition) is 7. The largest absolute Gasteiger partial charge is 0.468 e. The van der Waals surface area contributed by atoms with Crippen LogP contribution in [0.2, 0.25) is 0 Å². The van der Waals surface area contributed by atoms with E-state index in [1.165, 1.54) is 11.3 Å². The van der Waals surface area contributed by atoms with Crippen LogP contribution in [0, 0.1) is 11.3 Å². The molecular formula is C20H23N3O4S. The molecule has 0 radical (unpaired) electrons. The van der Waals surface area contributed by atoms with Gasteiger partial charge in [0.2, 0.25) is 5.91 Å². The van der Waals surface area contributed by atoms with E-state index >= 15 is 0 Å². The molecule has 1 aliphatic carbocycles. The molecule has 0 bridgehead atoms. The molecule has 148 valence electrons. The normalized spacial score (nSPS) is 13.3. The van der Waals surface area contributed by atoms with Crippen molar-refractivity contribution < 1.29 is 18.7 Å². The van der Waals surface area contributed by atoms with Crippen LogP contribution in [0.4, 0.5) is 5.00 Å². The molecule has 1 N–H and O–H groups in total. The molecule has 0 saturated heterocycles. The molecule has 0 aliphatic heterocycles. The summed E-state index contributed by atoms with van der Waals surface area (Å²) in [7, 11) is 0. The van der Waals surface area contributed by atoms with Gasteiger partial charge in [0.15, 0.2) is 0 Å². The molecular weight excluding hydrogens is 378 g/mol. The molecule has 0 spiro atoms. The Hall–Kier alpha value is -2.63. The van der Waals surface area contributed by atoms with Gasteiger partial charge in [-0.25, -0.2) is 4.79 Å². The maximum Gasteiger partial charge on any atom is 0.341 e. The molecule has 2 aromatic rings. The fourth-order valence-electron chi connectivity index (χ4n) is 2.99. The van der Waals surface area contributed by atoms with E-state index in [0.29, 0.717) is 36.0 Å². The molecule has 3 rings (SSSR count). The molecule has 0 aromatic carbocycles. The average Bonchev–Trinajstić information content (AvgIpc) is 3.22. The summed E-state index contributed by atoms with van der Waals surface area (Å²) in [6.45, 7) is 3.04. The number of amides is 1. The van der Waals surface area contributed by atoms with Gasteiger partial charge in [-0.05, 0) is 48.8 Å². The van der Waals surface area contributed by atoms with Crippen LogP contribution >= 0.6 is 11.3 Å². The highest BCUT2D eigenvalue weighted by molar-refractivity contribution is 7.15.